The van der Waals surface area contributed by atoms with Gasteiger partial charge in [-0.2, -0.15) is 0 Å². The molecule has 0 rings (SSSR count). The summed E-state index contributed by atoms with van der Waals surface area (Å²) in [5.41, 5.74) is 0. The molecule has 0 amide bonds. The van der Waals surface area contributed by atoms with Crippen LogP contribution in [-0.4, -0.2) is 39.6 Å². The predicted molar refractivity (Wildman–Crippen MR) is 173 cm³/mol. The number of hydrogen-bond donors (Lipinski definition) is 0. The Bertz CT molecular complexity index is 386. The Balaban J connectivity index is 3.84. The van der Waals surface area contributed by atoms with Gasteiger partial charge in [-0.1, -0.05) is 168 Å². The van der Waals surface area contributed by atoms with E-state index in [-0.39, 0.29) is 0 Å². The van der Waals surface area contributed by atoms with Crippen LogP contribution in [0.4, 0.5) is 0 Å². The molecule has 3 nitrogen and oxygen atoms in total. The standard InChI is InChI=1S/C36H74O3/c1-4-6-8-10-12-14-16-18-20-22-24-26-30-36(39-33-29-28-32-38-35-34-37-3)31-27-25-23-21-19-17-15-13-11-9-7-5-2/h36H,4-35H2,1-3H3. The zero-order chi connectivity index (χ0) is 28.3. The van der Waals surface area contributed by atoms with Crippen LogP contribution in [0.3, 0.4) is 0 Å². The van der Waals surface area contributed by atoms with Crippen LogP contribution < -0.4 is 0 Å². The lowest BCUT2D eigenvalue weighted by Gasteiger charge is -2.18. The maximum absolute atomic E-state index is 6.39. The molecule has 0 fully saturated rings. The summed E-state index contributed by atoms with van der Waals surface area (Å²) in [5, 5.41) is 0. The maximum atomic E-state index is 6.39. The highest BCUT2D eigenvalue weighted by atomic mass is 16.5. The second-order valence-corrected chi connectivity index (χ2v) is 12.2. The number of unbranched alkanes of at least 4 members (excludes halogenated alkanes) is 23. The number of methoxy groups -OCH3 is 1. The molecule has 0 spiro atoms. The van der Waals surface area contributed by atoms with Crippen LogP contribution in [0.5, 0.6) is 0 Å². The molecule has 0 aromatic rings. The average Bonchev–Trinajstić information content (AvgIpc) is 2.95. The SMILES string of the molecule is CCCCCCCCCCCCCCC(CCCCCCCCCCCCCC)OCCCCOCCOC. The van der Waals surface area contributed by atoms with Gasteiger partial charge in [0.1, 0.15) is 0 Å². The summed E-state index contributed by atoms with van der Waals surface area (Å²) >= 11 is 0. The Morgan fingerprint density at radius 1 is 0.359 bits per heavy atom. The summed E-state index contributed by atoms with van der Waals surface area (Å²) in [7, 11) is 1.73. The smallest absolute Gasteiger partial charge is 0.0700 e. The highest BCUT2D eigenvalue weighted by Gasteiger charge is 2.09. The molecule has 0 aliphatic carbocycles. The molecule has 0 bridgehead atoms. The third-order valence-electron chi connectivity index (χ3n) is 8.23. The van der Waals surface area contributed by atoms with E-state index in [2.05, 4.69) is 13.8 Å². The van der Waals surface area contributed by atoms with Gasteiger partial charge in [0.25, 0.3) is 0 Å². The van der Waals surface area contributed by atoms with E-state index in [4.69, 9.17) is 14.2 Å². The van der Waals surface area contributed by atoms with E-state index in [0.717, 1.165) is 26.1 Å². The molecule has 0 N–H and O–H groups in total. The lowest BCUT2D eigenvalue weighted by Crippen LogP contribution is -2.14. The van der Waals surface area contributed by atoms with Gasteiger partial charge in [0.15, 0.2) is 0 Å². The van der Waals surface area contributed by atoms with Gasteiger partial charge in [0, 0.05) is 20.3 Å². The fourth-order valence-electron chi connectivity index (χ4n) is 5.54. The quantitative estimate of drug-likeness (QED) is 0.0729. The second kappa shape index (κ2) is 35.9. The van der Waals surface area contributed by atoms with Gasteiger partial charge in [-0.15, -0.1) is 0 Å². The summed E-state index contributed by atoms with van der Waals surface area (Å²) in [6, 6.07) is 0. The maximum Gasteiger partial charge on any atom is 0.0700 e. The molecule has 0 aliphatic heterocycles. The molecule has 0 atom stereocenters. The topological polar surface area (TPSA) is 27.7 Å². The van der Waals surface area contributed by atoms with Crippen molar-refractivity contribution in [3.63, 3.8) is 0 Å². The molecule has 236 valence electrons. The normalized spacial score (nSPS) is 11.7. The van der Waals surface area contributed by atoms with Gasteiger partial charge >= 0.3 is 0 Å². The second-order valence-electron chi connectivity index (χ2n) is 12.2. The summed E-state index contributed by atoms with van der Waals surface area (Å²) in [4.78, 5) is 0. The Kier molecular flexibility index (Phi) is 35.8. The van der Waals surface area contributed by atoms with Crippen molar-refractivity contribution < 1.29 is 14.2 Å². The zero-order valence-electron chi connectivity index (χ0n) is 27.4. The van der Waals surface area contributed by atoms with E-state index in [9.17, 15) is 0 Å². The van der Waals surface area contributed by atoms with E-state index in [1.807, 2.05) is 0 Å². The van der Waals surface area contributed by atoms with Crippen molar-refractivity contribution in [2.45, 2.75) is 200 Å². The van der Waals surface area contributed by atoms with Crippen LogP contribution in [0.1, 0.15) is 194 Å². The van der Waals surface area contributed by atoms with Crippen LogP contribution in [-0.2, 0) is 14.2 Å². The summed E-state index contributed by atoms with van der Waals surface area (Å²) in [5.74, 6) is 0. The molecule has 0 heterocycles. The molecule has 39 heavy (non-hydrogen) atoms. The third-order valence-corrected chi connectivity index (χ3v) is 8.23. The van der Waals surface area contributed by atoms with Gasteiger partial charge in [-0.25, -0.2) is 0 Å². The first-order valence-corrected chi connectivity index (χ1v) is 18.0. The van der Waals surface area contributed by atoms with Crippen LogP contribution in [0.2, 0.25) is 0 Å². The fourth-order valence-corrected chi connectivity index (χ4v) is 5.54. The summed E-state index contributed by atoms with van der Waals surface area (Å²) in [6.45, 7) is 7.73. The third kappa shape index (κ3) is 34.0. The van der Waals surface area contributed by atoms with Crippen molar-refractivity contribution in [3.8, 4) is 0 Å². The lowest BCUT2D eigenvalue weighted by molar-refractivity contribution is 0.0280. The minimum atomic E-state index is 0.477. The van der Waals surface area contributed by atoms with E-state index < -0.39 is 0 Å². The van der Waals surface area contributed by atoms with Gasteiger partial charge in [-0.05, 0) is 25.7 Å². The van der Waals surface area contributed by atoms with E-state index in [0.29, 0.717) is 19.3 Å². The molecule has 0 unspecified atom stereocenters. The van der Waals surface area contributed by atoms with Crippen molar-refractivity contribution in [3.05, 3.63) is 0 Å². The first kappa shape index (κ1) is 38.9. The van der Waals surface area contributed by atoms with E-state index in [1.54, 1.807) is 7.11 Å². The first-order chi connectivity index (χ1) is 19.3. The van der Waals surface area contributed by atoms with Crippen LogP contribution in [0.15, 0.2) is 0 Å². The van der Waals surface area contributed by atoms with Crippen molar-refractivity contribution in [2.24, 2.45) is 0 Å². The Morgan fingerprint density at radius 3 is 1.10 bits per heavy atom. The highest BCUT2D eigenvalue weighted by Crippen LogP contribution is 2.18. The fraction of sp³-hybridized carbons (Fsp3) is 1.00. The number of rotatable bonds is 35. The van der Waals surface area contributed by atoms with Crippen molar-refractivity contribution in [1.29, 1.82) is 0 Å². The molecule has 0 saturated carbocycles. The largest absolute Gasteiger partial charge is 0.382 e. The van der Waals surface area contributed by atoms with E-state index in [1.165, 1.54) is 167 Å². The highest BCUT2D eigenvalue weighted by molar-refractivity contribution is 4.61. The predicted octanol–water partition coefficient (Wildman–Crippen LogP) is 12.0. The molecule has 0 aromatic heterocycles. The van der Waals surface area contributed by atoms with Crippen LogP contribution in [0.25, 0.3) is 0 Å². The number of hydrogen-bond acceptors (Lipinski definition) is 3. The zero-order valence-corrected chi connectivity index (χ0v) is 27.4. The van der Waals surface area contributed by atoms with Crippen molar-refractivity contribution in [1.82, 2.24) is 0 Å². The monoisotopic (exact) mass is 555 g/mol. The average molecular weight is 555 g/mol. The number of ether oxygens (including phenoxy) is 3. The van der Waals surface area contributed by atoms with E-state index >= 15 is 0 Å². The summed E-state index contributed by atoms with van der Waals surface area (Å²) < 4.78 is 17.0. The Hall–Kier alpha value is -0.120. The molecule has 0 saturated heterocycles. The summed E-state index contributed by atoms with van der Waals surface area (Å²) in [6.07, 6.45) is 39.4. The molecular weight excluding hydrogens is 480 g/mol. The Morgan fingerprint density at radius 2 is 0.718 bits per heavy atom. The van der Waals surface area contributed by atoms with Gasteiger partial charge < -0.3 is 14.2 Å². The molecular formula is C36H74O3. The van der Waals surface area contributed by atoms with Crippen molar-refractivity contribution >= 4 is 0 Å². The van der Waals surface area contributed by atoms with Gasteiger partial charge in [-0.3, -0.25) is 0 Å². The lowest BCUT2D eigenvalue weighted by atomic mass is 10.0. The molecule has 0 radical (unpaired) electrons. The minimum Gasteiger partial charge on any atom is -0.382 e. The minimum absolute atomic E-state index is 0.477. The molecule has 3 heteroatoms. The first-order valence-electron chi connectivity index (χ1n) is 18.0. The van der Waals surface area contributed by atoms with Crippen molar-refractivity contribution in [2.75, 3.05) is 33.5 Å². The molecule has 0 aliphatic rings. The van der Waals surface area contributed by atoms with Crippen LogP contribution >= 0.6 is 0 Å². The van der Waals surface area contributed by atoms with Gasteiger partial charge in [0.2, 0.25) is 0 Å². The molecule has 0 aromatic carbocycles. The van der Waals surface area contributed by atoms with Crippen LogP contribution in [0, 0.1) is 0 Å². The van der Waals surface area contributed by atoms with Gasteiger partial charge in [0.05, 0.1) is 19.3 Å². The Labute approximate surface area is 247 Å².